The number of nitrogens with zero attached hydrogens (tertiary/aromatic N) is 6. The van der Waals surface area contributed by atoms with E-state index in [1.165, 1.54) is 18.8 Å². The van der Waals surface area contributed by atoms with Gasteiger partial charge >= 0.3 is 0 Å². The Hall–Kier alpha value is -2.36. The summed E-state index contributed by atoms with van der Waals surface area (Å²) < 4.78 is 30.1. The van der Waals surface area contributed by atoms with Gasteiger partial charge in [0.15, 0.2) is 10.8 Å². The van der Waals surface area contributed by atoms with Crippen LogP contribution in [-0.2, 0) is 17.1 Å². The molecular formula is C18H29N7O2S. The number of aryl methyl sites for hydroxylation is 1. The fourth-order valence-electron chi connectivity index (χ4n) is 3.34. The van der Waals surface area contributed by atoms with Crippen LogP contribution in [0.4, 0.5) is 17.5 Å². The van der Waals surface area contributed by atoms with Gasteiger partial charge in [-0.25, -0.2) is 9.97 Å². The number of hydrogen-bond donors (Lipinski definition) is 1. The highest BCUT2D eigenvalue weighted by molar-refractivity contribution is 7.92. The molecule has 154 valence electrons. The molecule has 3 heterocycles. The molecule has 3 rings (SSSR count). The fraction of sp³-hybridized carbons (Fsp3) is 0.611. The summed E-state index contributed by atoms with van der Waals surface area (Å²) in [7, 11) is 1.61. The average Bonchev–Trinajstić information content (AvgIpc) is 3.05. The normalized spacial score (nSPS) is 15.1. The number of anilines is 3. The number of aromatic nitrogens is 4. The first kappa shape index (κ1) is 20.4. The van der Waals surface area contributed by atoms with Gasteiger partial charge in [0.05, 0.1) is 6.20 Å². The minimum absolute atomic E-state index is 0.0106. The van der Waals surface area contributed by atoms with E-state index in [9.17, 15) is 8.42 Å². The highest BCUT2D eigenvalue weighted by Gasteiger charge is 2.24. The summed E-state index contributed by atoms with van der Waals surface area (Å²) in [6, 6.07) is 0. The van der Waals surface area contributed by atoms with Crippen LogP contribution < -0.4 is 14.5 Å². The zero-order valence-electron chi connectivity index (χ0n) is 17.2. The standard InChI is InChI=1S/C18H29N7O2S/c1-13(2)16-20-15(12-24(16)5)28(26,27)22-14-11-19-18(21-17(14)23(3)4)25-9-7-6-8-10-25/h11-13,22H,6-10H2,1-5H3. The second-order valence-corrected chi connectivity index (χ2v) is 9.29. The zero-order chi connectivity index (χ0) is 20.5. The summed E-state index contributed by atoms with van der Waals surface area (Å²) in [5, 5.41) is -0.0106. The Balaban J connectivity index is 1.91. The Labute approximate surface area is 166 Å². The van der Waals surface area contributed by atoms with Crippen molar-refractivity contribution in [3.63, 3.8) is 0 Å². The van der Waals surface area contributed by atoms with Crippen LogP contribution in [0.15, 0.2) is 17.4 Å². The van der Waals surface area contributed by atoms with Crippen LogP contribution in [0.1, 0.15) is 44.9 Å². The van der Waals surface area contributed by atoms with E-state index >= 15 is 0 Å². The van der Waals surface area contributed by atoms with Gasteiger partial charge in [-0.1, -0.05) is 13.8 Å². The molecule has 1 fully saturated rings. The number of imidazole rings is 1. The SMILES string of the molecule is CC(C)c1nc(S(=O)(=O)Nc2cnc(N3CCCCC3)nc2N(C)C)cn1C. The summed E-state index contributed by atoms with van der Waals surface area (Å²) in [5.41, 5.74) is 0.336. The predicted molar refractivity (Wildman–Crippen MR) is 111 cm³/mol. The van der Waals surface area contributed by atoms with Gasteiger partial charge in [0, 0.05) is 46.3 Å². The number of nitrogens with one attached hydrogen (secondary N) is 1. The largest absolute Gasteiger partial charge is 0.361 e. The van der Waals surface area contributed by atoms with E-state index in [-0.39, 0.29) is 10.9 Å². The molecule has 1 aliphatic rings. The van der Waals surface area contributed by atoms with E-state index in [1.807, 2.05) is 27.9 Å². The maximum Gasteiger partial charge on any atom is 0.281 e. The lowest BCUT2D eigenvalue weighted by Gasteiger charge is -2.28. The van der Waals surface area contributed by atoms with Crippen molar-refractivity contribution in [2.24, 2.45) is 7.05 Å². The number of sulfonamides is 1. The van der Waals surface area contributed by atoms with E-state index in [2.05, 4.69) is 24.6 Å². The van der Waals surface area contributed by atoms with E-state index in [0.29, 0.717) is 23.3 Å². The zero-order valence-corrected chi connectivity index (χ0v) is 18.0. The Morgan fingerprint density at radius 2 is 1.82 bits per heavy atom. The molecule has 1 aliphatic heterocycles. The van der Waals surface area contributed by atoms with Crippen LogP contribution in [0.5, 0.6) is 0 Å². The molecule has 2 aromatic heterocycles. The van der Waals surface area contributed by atoms with Crippen molar-refractivity contribution < 1.29 is 8.42 Å². The Morgan fingerprint density at radius 3 is 2.39 bits per heavy atom. The van der Waals surface area contributed by atoms with Crippen LogP contribution in [0.3, 0.4) is 0 Å². The summed E-state index contributed by atoms with van der Waals surface area (Å²) in [5.74, 6) is 1.99. The first-order valence-corrected chi connectivity index (χ1v) is 11.0. The van der Waals surface area contributed by atoms with E-state index in [4.69, 9.17) is 0 Å². The van der Waals surface area contributed by atoms with Gasteiger partial charge in [0.25, 0.3) is 10.0 Å². The van der Waals surface area contributed by atoms with E-state index in [0.717, 1.165) is 25.9 Å². The van der Waals surface area contributed by atoms with Crippen molar-refractivity contribution >= 4 is 27.5 Å². The van der Waals surface area contributed by atoms with Gasteiger partial charge < -0.3 is 14.4 Å². The quantitative estimate of drug-likeness (QED) is 0.784. The van der Waals surface area contributed by atoms with Gasteiger partial charge in [-0.3, -0.25) is 4.72 Å². The third-order valence-electron chi connectivity index (χ3n) is 4.74. The first-order valence-electron chi connectivity index (χ1n) is 9.54. The molecule has 9 nitrogen and oxygen atoms in total. The van der Waals surface area contributed by atoms with Crippen LogP contribution in [-0.4, -0.2) is 55.1 Å². The number of hydrogen-bond acceptors (Lipinski definition) is 7. The average molecular weight is 408 g/mol. The molecule has 0 aliphatic carbocycles. The van der Waals surface area contributed by atoms with Crippen molar-refractivity contribution in [1.29, 1.82) is 0 Å². The summed E-state index contributed by atoms with van der Waals surface area (Å²) in [6.45, 7) is 5.79. The van der Waals surface area contributed by atoms with Crippen molar-refractivity contribution in [2.45, 2.75) is 44.1 Å². The molecule has 28 heavy (non-hydrogen) atoms. The van der Waals surface area contributed by atoms with Gasteiger partial charge in [-0.05, 0) is 19.3 Å². The van der Waals surface area contributed by atoms with Crippen molar-refractivity contribution in [3.05, 3.63) is 18.2 Å². The van der Waals surface area contributed by atoms with Crippen LogP contribution >= 0.6 is 0 Å². The van der Waals surface area contributed by atoms with Crippen LogP contribution in [0.2, 0.25) is 0 Å². The Morgan fingerprint density at radius 1 is 1.14 bits per heavy atom. The summed E-state index contributed by atoms with van der Waals surface area (Å²) in [4.78, 5) is 17.2. The molecule has 0 spiro atoms. The second-order valence-electron chi connectivity index (χ2n) is 7.66. The second kappa shape index (κ2) is 7.94. The molecule has 0 saturated carbocycles. The highest BCUT2D eigenvalue weighted by Crippen LogP contribution is 2.27. The predicted octanol–water partition coefficient (Wildman–Crippen LogP) is 2.19. The molecule has 10 heteroatoms. The third kappa shape index (κ3) is 4.21. The molecular weight excluding hydrogens is 378 g/mol. The third-order valence-corrected chi connectivity index (χ3v) is 5.98. The minimum atomic E-state index is -3.84. The highest BCUT2D eigenvalue weighted by atomic mass is 32.2. The monoisotopic (exact) mass is 407 g/mol. The van der Waals surface area contributed by atoms with Gasteiger partial charge in [-0.15, -0.1) is 0 Å². The fourth-order valence-corrected chi connectivity index (χ4v) is 4.39. The Kier molecular flexibility index (Phi) is 5.78. The van der Waals surface area contributed by atoms with Crippen molar-refractivity contribution in [2.75, 3.05) is 41.7 Å². The molecule has 1 N–H and O–H groups in total. The van der Waals surface area contributed by atoms with Crippen molar-refractivity contribution in [3.8, 4) is 0 Å². The molecule has 0 bridgehead atoms. The molecule has 0 atom stereocenters. The van der Waals surface area contributed by atoms with Gasteiger partial charge in [0.1, 0.15) is 11.5 Å². The smallest absolute Gasteiger partial charge is 0.281 e. The van der Waals surface area contributed by atoms with Crippen LogP contribution in [0.25, 0.3) is 0 Å². The van der Waals surface area contributed by atoms with Crippen LogP contribution in [0, 0.1) is 0 Å². The maximum absolute atomic E-state index is 12.9. The number of rotatable bonds is 6. The molecule has 0 aromatic carbocycles. The molecule has 0 radical (unpaired) electrons. The Bertz CT molecular complexity index is 931. The molecule has 0 unspecified atom stereocenters. The molecule has 0 amide bonds. The lowest BCUT2D eigenvalue weighted by atomic mass is 10.1. The van der Waals surface area contributed by atoms with E-state index < -0.39 is 10.0 Å². The lowest BCUT2D eigenvalue weighted by molar-refractivity contribution is 0.568. The molecule has 2 aromatic rings. The van der Waals surface area contributed by atoms with Crippen molar-refractivity contribution in [1.82, 2.24) is 19.5 Å². The van der Waals surface area contributed by atoms with Gasteiger partial charge in [-0.2, -0.15) is 13.4 Å². The minimum Gasteiger partial charge on any atom is -0.361 e. The summed E-state index contributed by atoms with van der Waals surface area (Å²) in [6.07, 6.45) is 6.52. The lowest BCUT2D eigenvalue weighted by Crippen LogP contribution is -2.31. The maximum atomic E-state index is 12.9. The summed E-state index contributed by atoms with van der Waals surface area (Å²) >= 11 is 0. The number of piperidine rings is 1. The van der Waals surface area contributed by atoms with Gasteiger partial charge in [0.2, 0.25) is 5.95 Å². The topological polar surface area (TPSA) is 96.2 Å². The molecule has 1 saturated heterocycles. The first-order chi connectivity index (χ1) is 13.2. The van der Waals surface area contributed by atoms with E-state index in [1.54, 1.807) is 16.5 Å².